The zero-order valence-electron chi connectivity index (χ0n) is 11.4. The quantitative estimate of drug-likeness (QED) is 0.735. The van der Waals surface area contributed by atoms with Gasteiger partial charge >= 0.3 is 0 Å². The summed E-state index contributed by atoms with van der Waals surface area (Å²) < 4.78 is 5.75. The lowest BCUT2D eigenvalue weighted by Gasteiger charge is -2.25. The van der Waals surface area contributed by atoms with Crippen molar-refractivity contribution in [2.75, 3.05) is 19.7 Å². The molecule has 2 fully saturated rings. The van der Waals surface area contributed by atoms with E-state index in [1.165, 1.54) is 57.9 Å². The molecule has 1 saturated heterocycles. The average molecular weight is 239 g/mol. The first kappa shape index (κ1) is 13.4. The first-order chi connectivity index (χ1) is 8.40. The predicted molar refractivity (Wildman–Crippen MR) is 72.2 cm³/mol. The lowest BCUT2D eigenvalue weighted by Crippen LogP contribution is -2.28. The Balaban J connectivity index is 1.72. The van der Waals surface area contributed by atoms with E-state index in [0.29, 0.717) is 6.10 Å². The van der Waals surface area contributed by atoms with Gasteiger partial charge in [-0.1, -0.05) is 32.6 Å². The molecule has 0 bridgehead atoms. The van der Waals surface area contributed by atoms with E-state index >= 15 is 0 Å². The summed E-state index contributed by atoms with van der Waals surface area (Å²) in [5.41, 5.74) is 0. The van der Waals surface area contributed by atoms with E-state index in [4.69, 9.17) is 4.74 Å². The van der Waals surface area contributed by atoms with Crippen LogP contribution in [0.1, 0.15) is 58.3 Å². The van der Waals surface area contributed by atoms with Gasteiger partial charge in [0.25, 0.3) is 0 Å². The molecule has 0 amide bonds. The normalized spacial score (nSPS) is 27.7. The van der Waals surface area contributed by atoms with Crippen molar-refractivity contribution < 1.29 is 4.74 Å². The van der Waals surface area contributed by atoms with E-state index in [0.717, 1.165) is 25.0 Å². The summed E-state index contributed by atoms with van der Waals surface area (Å²) in [6.45, 7) is 5.56. The Bertz CT molecular complexity index is 195. The second-order valence-electron chi connectivity index (χ2n) is 5.82. The standard InChI is InChI=1S/C15H29NO/c1-2-16-12-14(13-6-3-4-7-13)9-10-15-8-5-11-17-15/h13-16H,2-12H2,1H3. The highest BCUT2D eigenvalue weighted by Gasteiger charge is 2.26. The molecule has 2 aliphatic rings. The lowest BCUT2D eigenvalue weighted by molar-refractivity contribution is 0.0944. The molecule has 2 nitrogen and oxygen atoms in total. The summed E-state index contributed by atoms with van der Waals surface area (Å²) in [6, 6.07) is 0. The van der Waals surface area contributed by atoms with Crippen LogP contribution in [-0.4, -0.2) is 25.8 Å². The van der Waals surface area contributed by atoms with Gasteiger partial charge < -0.3 is 10.1 Å². The van der Waals surface area contributed by atoms with Crippen LogP contribution in [0, 0.1) is 11.8 Å². The van der Waals surface area contributed by atoms with Crippen LogP contribution in [-0.2, 0) is 4.74 Å². The van der Waals surface area contributed by atoms with Crippen LogP contribution in [0.25, 0.3) is 0 Å². The SMILES string of the molecule is CCNCC(CCC1CCCO1)C1CCCC1. The molecule has 1 saturated carbocycles. The van der Waals surface area contributed by atoms with Crippen molar-refractivity contribution in [2.24, 2.45) is 11.8 Å². The highest BCUT2D eigenvalue weighted by atomic mass is 16.5. The summed E-state index contributed by atoms with van der Waals surface area (Å²) in [6.07, 6.45) is 11.7. The van der Waals surface area contributed by atoms with Gasteiger partial charge in [-0.05, 0) is 50.6 Å². The Kier molecular flexibility index (Phi) is 5.79. The highest BCUT2D eigenvalue weighted by Crippen LogP contribution is 2.34. The molecule has 0 aromatic carbocycles. The maximum absolute atomic E-state index is 5.75. The number of nitrogens with one attached hydrogen (secondary N) is 1. The van der Waals surface area contributed by atoms with Crippen LogP contribution in [0.15, 0.2) is 0 Å². The van der Waals surface area contributed by atoms with Crippen LogP contribution in [0.3, 0.4) is 0 Å². The molecular weight excluding hydrogens is 210 g/mol. The Morgan fingerprint density at radius 2 is 2.00 bits per heavy atom. The third-order valence-electron chi connectivity index (χ3n) is 4.61. The van der Waals surface area contributed by atoms with E-state index in [1.54, 1.807) is 0 Å². The molecule has 0 aromatic rings. The minimum Gasteiger partial charge on any atom is -0.378 e. The smallest absolute Gasteiger partial charge is 0.0576 e. The highest BCUT2D eigenvalue weighted by molar-refractivity contribution is 4.78. The molecule has 1 heterocycles. The van der Waals surface area contributed by atoms with Crippen LogP contribution in [0.5, 0.6) is 0 Å². The number of hydrogen-bond donors (Lipinski definition) is 1. The van der Waals surface area contributed by atoms with Crippen molar-refractivity contribution in [3.8, 4) is 0 Å². The minimum atomic E-state index is 0.584. The van der Waals surface area contributed by atoms with Gasteiger partial charge in [0.15, 0.2) is 0 Å². The van der Waals surface area contributed by atoms with Crippen molar-refractivity contribution in [2.45, 2.75) is 64.4 Å². The summed E-state index contributed by atoms with van der Waals surface area (Å²) in [5, 5.41) is 3.56. The van der Waals surface area contributed by atoms with Crippen LogP contribution >= 0.6 is 0 Å². The van der Waals surface area contributed by atoms with Gasteiger partial charge in [-0.15, -0.1) is 0 Å². The molecule has 100 valence electrons. The molecule has 1 aliphatic heterocycles. The maximum Gasteiger partial charge on any atom is 0.0576 e. The maximum atomic E-state index is 5.75. The molecule has 2 heteroatoms. The molecule has 0 radical (unpaired) electrons. The zero-order valence-corrected chi connectivity index (χ0v) is 11.4. The fraction of sp³-hybridized carbons (Fsp3) is 1.00. The summed E-state index contributed by atoms with van der Waals surface area (Å²) >= 11 is 0. The Morgan fingerprint density at radius 1 is 1.18 bits per heavy atom. The molecule has 2 atom stereocenters. The molecule has 17 heavy (non-hydrogen) atoms. The number of hydrogen-bond acceptors (Lipinski definition) is 2. The summed E-state index contributed by atoms with van der Waals surface area (Å²) in [4.78, 5) is 0. The Hall–Kier alpha value is -0.0800. The van der Waals surface area contributed by atoms with E-state index in [-0.39, 0.29) is 0 Å². The third kappa shape index (κ3) is 4.26. The first-order valence-electron chi connectivity index (χ1n) is 7.72. The van der Waals surface area contributed by atoms with Gasteiger partial charge in [0.05, 0.1) is 6.10 Å². The van der Waals surface area contributed by atoms with Crippen LogP contribution in [0.2, 0.25) is 0 Å². The molecule has 0 spiro atoms. The first-order valence-corrected chi connectivity index (χ1v) is 7.72. The van der Waals surface area contributed by atoms with Gasteiger partial charge in [-0.2, -0.15) is 0 Å². The Morgan fingerprint density at radius 3 is 2.65 bits per heavy atom. The number of ether oxygens (including phenoxy) is 1. The van der Waals surface area contributed by atoms with Gasteiger partial charge in [-0.3, -0.25) is 0 Å². The van der Waals surface area contributed by atoms with Crippen molar-refractivity contribution >= 4 is 0 Å². The van der Waals surface area contributed by atoms with E-state index < -0.39 is 0 Å². The summed E-state index contributed by atoms with van der Waals surface area (Å²) in [7, 11) is 0. The van der Waals surface area contributed by atoms with Crippen molar-refractivity contribution in [3.63, 3.8) is 0 Å². The fourth-order valence-corrected chi connectivity index (χ4v) is 3.53. The topological polar surface area (TPSA) is 21.3 Å². The largest absolute Gasteiger partial charge is 0.378 e. The molecule has 1 aliphatic carbocycles. The van der Waals surface area contributed by atoms with Crippen LogP contribution < -0.4 is 5.32 Å². The van der Waals surface area contributed by atoms with Crippen molar-refractivity contribution in [1.82, 2.24) is 5.32 Å². The van der Waals surface area contributed by atoms with Crippen LogP contribution in [0.4, 0.5) is 0 Å². The molecular formula is C15H29NO. The second-order valence-corrected chi connectivity index (χ2v) is 5.82. The molecule has 2 rings (SSSR count). The molecule has 0 aromatic heterocycles. The van der Waals surface area contributed by atoms with Gasteiger partial charge in [0, 0.05) is 6.61 Å². The average Bonchev–Trinajstić information content (AvgIpc) is 3.01. The summed E-state index contributed by atoms with van der Waals surface area (Å²) in [5.74, 6) is 1.90. The minimum absolute atomic E-state index is 0.584. The van der Waals surface area contributed by atoms with E-state index in [1.807, 2.05) is 0 Å². The van der Waals surface area contributed by atoms with Gasteiger partial charge in [0.2, 0.25) is 0 Å². The second kappa shape index (κ2) is 7.38. The molecule has 2 unspecified atom stereocenters. The van der Waals surface area contributed by atoms with Crippen molar-refractivity contribution in [1.29, 1.82) is 0 Å². The van der Waals surface area contributed by atoms with Crippen molar-refractivity contribution in [3.05, 3.63) is 0 Å². The lowest BCUT2D eigenvalue weighted by atomic mass is 9.86. The fourth-order valence-electron chi connectivity index (χ4n) is 3.53. The van der Waals surface area contributed by atoms with Gasteiger partial charge in [-0.25, -0.2) is 0 Å². The van der Waals surface area contributed by atoms with Gasteiger partial charge in [0.1, 0.15) is 0 Å². The third-order valence-corrected chi connectivity index (χ3v) is 4.61. The zero-order chi connectivity index (χ0) is 11.9. The molecule has 1 N–H and O–H groups in total. The monoisotopic (exact) mass is 239 g/mol. The predicted octanol–water partition coefficient (Wildman–Crippen LogP) is 3.36. The van der Waals surface area contributed by atoms with E-state index in [2.05, 4.69) is 12.2 Å². The Labute approximate surface area is 107 Å². The number of rotatable bonds is 7. The van der Waals surface area contributed by atoms with E-state index in [9.17, 15) is 0 Å².